The van der Waals surface area contributed by atoms with E-state index in [2.05, 4.69) is 54.9 Å². The van der Waals surface area contributed by atoms with Crippen LogP contribution < -0.4 is 5.32 Å². The van der Waals surface area contributed by atoms with Gasteiger partial charge in [-0.05, 0) is 56.6 Å². The molecular weight excluding hydrogens is 488 g/mol. The average Bonchev–Trinajstić information content (AvgIpc) is 2.95. The van der Waals surface area contributed by atoms with E-state index in [1.165, 1.54) is 6.42 Å². The van der Waals surface area contributed by atoms with Gasteiger partial charge in [0.25, 0.3) is 0 Å². The van der Waals surface area contributed by atoms with E-state index in [1.807, 2.05) is 32.2 Å². The fourth-order valence-electron chi connectivity index (χ4n) is 6.52. The third-order valence-corrected chi connectivity index (χ3v) is 9.18. The van der Waals surface area contributed by atoms with Gasteiger partial charge in [-0.2, -0.15) is 0 Å². The normalized spacial score (nSPS) is 20.4. The molecule has 2 aliphatic heterocycles. The fourth-order valence-corrected chi connectivity index (χ4v) is 6.52. The Kier molecular flexibility index (Phi) is 11.4. The second-order valence-electron chi connectivity index (χ2n) is 12.5. The summed E-state index contributed by atoms with van der Waals surface area (Å²) in [5.74, 6) is 0.0732. The van der Waals surface area contributed by atoms with Crippen molar-refractivity contribution in [1.82, 2.24) is 20.0 Å². The van der Waals surface area contributed by atoms with Crippen molar-refractivity contribution in [1.29, 1.82) is 0 Å². The van der Waals surface area contributed by atoms with Crippen LogP contribution in [0.4, 0.5) is 0 Å². The number of benzene rings is 1. The van der Waals surface area contributed by atoms with Crippen LogP contribution in [0.5, 0.6) is 0 Å². The van der Waals surface area contributed by atoms with Gasteiger partial charge >= 0.3 is 0 Å². The van der Waals surface area contributed by atoms with Crippen molar-refractivity contribution in [2.24, 2.45) is 11.8 Å². The Bertz CT molecular complexity index is 942. The van der Waals surface area contributed by atoms with E-state index in [9.17, 15) is 14.4 Å². The minimum Gasteiger partial charge on any atom is -0.347 e. The Hall–Kier alpha value is -2.41. The number of likely N-dealkylation sites (N-methyl/N-ethyl adjacent to an activating group) is 1. The van der Waals surface area contributed by atoms with E-state index in [1.54, 1.807) is 4.90 Å². The number of amides is 3. The summed E-state index contributed by atoms with van der Waals surface area (Å²) in [6, 6.07) is 9.98. The molecule has 1 aromatic rings. The number of likely N-dealkylation sites (tertiary alicyclic amines) is 2. The molecule has 1 aromatic carbocycles. The molecule has 7 heteroatoms. The van der Waals surface area contributed by atoms with Crippen molar-refractivity contribution in [3.63, 3.8) is 0 Å². The second kappa shape index (κ2) is 14.3. The molecule has 2 heterocycles. The van der Waals surface area contributed by atoms with Crippen LogP contribution >= 0.6 is 0 Å². The highest BCUT2D eigenvalue weighted by molar-refractivity contribution is 5.86. The monoisotopic (exact) mass is 540 g/mol. The summed E-state index contributed by atoms with van der Waals surface area (Å²) in [4.78, 5) is 46.2. The topological polar surface area (TPSA) is 73.0 Å². The summed E-state index contributed by atoms with van der Waals surface area (Å²) in [7, 11) is 1.84. The number of nitrogens with one attached hydrogen (secondary N) is 1. The van der Waals surface area contributed by atoms with Crippen molar-refractivity contribution in [3.8, 4) is 0 Å². The number of carbonyl (C=O) groups excluding carboxylic acids is 3. The summed E-state index contributed by atoms with van der Waals surface area (Å²) in [6.07, 6.45) is 7.13. The van der Waals surface area contributed by atoms with Gasteiger partial charge in [0, 0.05) is 44.1 Å². The van der Waals surface area contributed by atoms with Gasteiger partial charge in [-0.3, -0.25) is 19.3 Å². The molecule has 2 fully saturated rings. The molecule has 0 unspecified atom stereocenters. The largest absolute Gasteiger partial charge is 0.347 e. The van der Waals surface area contributed by atoms with Crippen molar-refractivity contribution in [2.75, 3.05) is 39.8 Å². The summed E-state index contributed by atoms with van der Waals surface area (Å²) in [5, 5.41) is 2.95. The lowest BCUT2D eigenvalue weighted by molar-refractivity contribution is -0.140. The summed E-state index contributed by atoms with van der Waals surface area (Å²) in [6.45, 7) is 13.8. The number of piperidine rings is 2. The number of nitrogens with zero attached hydrogens (tertiary/aromatic N) is 3. The molecule has 0 saturated carbocycles. The van der Waals surface area contributed by atoms with Gasteiger partial charge in [-0.25, -0.2) is 0 Å². The van der Waals surface area contributed by atoms with Gasteiger partial charge in [0.1, 0.15) is 0 Å². The van der Waals surface area contributed by atoms with E-state index >= 15 is 0 Å². The molecule has 3 atom stereocenters. The Morgan fingerprint density at radius 1 is 1.00 bits per heavy atom. The smallest absolute Gasteiger partial charge is 0.242 e. The molecule has 2 saturated heterocycles. The Balaban J connectivity index is 1.62. The first kappa shape index (κ1) is 31.1. The van der Waals surface area contributed by atoms with Crippen LogP contribution in [-0.4, -0.2) is 84.3 Å². The Labute approximate surface area is 236 Å². The molecule has 218 valence electrons. The minimum atomic E-state index is -0.348. The highest BCUT2D eigenvalue weighted by atomic mass is 16.2. The van der Waals surface area contributed by atoms with Crippen LogP contribution in [0.2, 0.25) is 0 Å². The van der Waals surface area contributed by atoms with E-state index < -0.39 is 0 Å². The third kappa shape index (κ3) is 7.84. The maximum absolute atomic E-state index is 13.4. The molecule has 0 radical (unpaired) electrons. The maximum atomic E-state index is 13.4. The number of hydrogen-bond acceptors (Lipinski definition) is 4. The van der Waals surface area contributed by atoms with E-state index in [-0.39, 0.29) is 53.6 Å². The van der Waals surface area contributed by atoms with Crippen LogP contribution in [-0.2, 0) is 19.8 Å². The van der Waals surface area contributed by atoms with Crippen LogP contribution in [0.15, 0.2) is 30.3 Å². The molecule has 3 rings (SSSR count). The lowest BCUT2D eigenvalue weighted by Crippen LogP contribution is -2.57. The zero-order valence-electron chi connectivity index (χ0n) is 25.2. The molecule has 7 nitrogen and oxygen atoms in total. The van der Waals surface area contributed by atoms with Gasteiger partial charge in [0.15, 0.2) is 0 Å². The van der Waals surface area contributed by atoms with Crippen molar-refractivity contribution in [3.05, 3.63) is 35.9 Å². The molecular formula is C32H52N4O3. The molecule has 0 bridgehead atoms. The average molecular weight is 541 g/mol. The first-order valence-corrected chi connectivity index (χ1v) is 15.2. The third-order valence-electron chi connectivity index (χ3n) is 9.18. The van der Waals surface area contributed by atoms with Crippen LogP contribution in [0.3, 0.4) is 0 Å². The lowest BCUT2D eigenvalue weighted by Gasteiger charge is -2.42. The Morgan fingerprint density at radius 2 is 1.64 bits per heavy atom. The predicted octanol–water partition coefficient (Wildman–Crippen LogP) is 4.46. The summed E-state index contributed by atoms with van der Waals surface area (Å²) >= 11 is 0. The highest BCUT2D eigenvalue weighted by Crippen LogP contribution is 2.34. The molecule has 39 heavy (non-hydrogen) atoms. The fraction of sp³-hybridized carbons (Fsp3) is 0.719. The number of carbonyl (C=O) groups is 3. The van der Waals surface area contributed by atoms with Gasteiger partial charge in [0.05, 0.1) is 12.6 Å². The predicted molar refractivity (Wildman–Crippen MR) is 157 cm³/mol. The summed E-state index contributed by atoms with van der Waals surface area (Å²) < 4.78 is 0. The molecule has 1 N–H and O–H groups in total. The van der Waals surface area contributed by atoms with Crippen LogP contribution in [0.1, 0.15) is 85.1 Å². The molecule has 3 amide bonds. The van der Waals surface area contributed by atoms with Crippen molar-refractivity contribution >= 4 is 17.7 Å². The Morgan fingerprint density at radius 3 is 2.26 bits per heavy atom. The minimum absolute atomic E-state index is 0.0178. The van der Waals surface area contributed by atoms with Crippen molar-refractivity contribution in [2.45, 2.75) is 97.1 Å². The molecule has 0 spiro atoms. The van der Waals surface area contributed by atoms with E-state index in [0.29, 0.717) is 13.0 Å². The summed E-state index contributed by atoms with van der Waals surface area (Å²) in [5.41, 5.74) is 0.769. The second-order valence-corrected chi connectivity index (χ2v) is 12.5. The number of rotatable bonds is 11. The van der Waals surface area contributed by atoms with Crippen LogP contribution in [0.25, 0.3) is 0 Å². The first-order valence-electron chi connectivity index (χ1n) is 15.2. The molecule has 0 aromatic heterocycles. The van der Waals surface area contributed by atoms with E-state index in [0.717, 1.165) is 57.3 Å². The number of hydrogen-bond donors (Lipinski definition) is 1. The standard InChI is InChI=1S/C32H52N4O3/c1-7-26(32(4,5)25-16-10-8-11-17-25)30(38)33-22-29(37)34(6)28(24(2)3)23-36-21-15-12-18-27(36)31(39)35-19-13-9-14-20-35/h8,10-11,16-17,24,26-28H,7,9,12-15,18-23H2,1-6H3,(H,33,38)/t26-,27+,28-/m1/s1. The zero-order chi connectivity index (χ0) is 28.6. The zero-order valence-corrected chi connectivity index (χ0v) is 25.2. The van der Waals surface area contributed by atoms with Crippen molar-refractivity contribution < 1.29 is 14.4 Å². The van der Waals surface area contributed by atoms with Gasteiger partial charge in [-0.1, -0.05) is 71.4 Å². The quantitative estimate of drug-likeness (QED) is 0.450. The van der Waals surface area contributed by atoms with Crippen LogP contribution in [0, 0.1) is 11.8 Å². The lowest BCUT2D eigenvalue weighted by atomic mass is 9.71. The van der Waals surface area contributed by atoms with Gasteiger partial charge in [0.2, 0.25) is 17.7 Å². The van der Waals surface area contributed by atoms with Gasteiger partial charge in [-0.15, -0.1) is 0 Å². The van der Waals surface area contributed by atoms with Gasteiger partial charge < -0.3 is 15.1 Å². The molecule has 0 aliphatic carbocycles. The SMILES string of the molecule is CC[C@H](C(=O)NCC(=O)N(C)[C@H](CN1CCCC[C@H]1C(=O)N1CCCCC1)C(C)C)C(C)(C)c1ccccc1. The first-order chi connectivity index (χ1) is 18.6. The van der Waals surface area contributed by atoms with E-state index in [4.69, 9.17) is 0 Å². The highest BCUT2D eigenvalue weighted by Gasteiger charge is 2.37. The maximum Gasteiger partial charge on any atom is 0.242 e. The molecule has 2 aliphatic rings.